The smallest absolute Gasteiger partial charge is 0.327 e. The second-order valence-corrected chi connectivity index (χ2v) is 7.04. The predicted octanol–water partition coefficient (Wildman–Crippen LogP) is 4.13. The minimum Gasteiger partial charge on any atom is -0.480 e. The van der Waals surface area contributed by atoms with E-state index in [1.54, 1.807) is 12.1 Å². The Morgan fingerprint density at radius 1 is 1.04 bits per heavy atom. The molecule has 1 aromatic rings. The number of carboxylic acid groups (broad SMARTS) is 1. The number of anilines is 1. The zero-order chi connectivity index (χ0) is 18.9. The lowest BCUT2D eigenvalue weighted by atomic mass is 10.1. The number of carboxylic acids is 1. The van der Waals surface area contributed by atoms with E-state index in [2.05, 4.69) is 6.92 Å². The standard InChI is InChI=1S/C21H29NO4/c1-2-3-4-5-6-7-8-12-17(23)15-20(24)22-18-13-10-9-11-16(18)14-19(22)21(25)26/h9-11,13,19H,2-8,12,14-15H2,1H3,(H,25,26). The Hall–Kier alpha value is -2.17. The van der Waals surface area contributed by atoms with Crippen molar-refractivity contribution in [1.82, 2.24) is 0 Å². The molecule has 1 unspecified atom stereocenters. The summed E-state index contributed by atoms with van der Waals surface area (Å²) in [5.41, 5.74) is 1.46. The summed E-state index contributed by atoms with van der Waals surface area (Å²) in [6.07, 6.45) is 8.34. The van der Waals surface area contributed by atoms with Gasteiger partial charge in [-0.05, 0) is 18.1 Å². The van der Waals surface area contributed by atoms with Crippen LogP contribution in [0.25, 0.3) is 0 Å². The van der Waals surface area contributed by atoms with Gasteiger partial charge in [0.15, 0.2) is 0 Å². The van der Waals surface area contributed by atoms with Gasteiger partial charge in [-0.1, -0.05) is 63.6 Å². The molecule has 0 spiro atoms. The summed E-state index contributed by atoms with van der Waals surface area (Å²) >= 11 is 0. The Morgan fingerprint density at radius 2 is 1.69 bits per heavy atom. The molecular formula is C21H29NO4. The van der Waals surface area contributed by atoms with E-state index >= 15 is 0 Å². The van der Waals surface area contributed by atoms with Crippen molar-refractivity contribution in [2.75, 3.05) is 4.90 Å². The molecule has 0 aliphatic carbocycles. The highest BCUT2D eigenvalue weighted by Gasteiger charge is 2.38. The predicted molar refractivity (Wildman–Crippen MR) is 101 cm³/mol. The van der Waals surface area contributed by atoms with Crippen LogP contribution in [-0.4, -0.2) is 28.8 Å². The molecule has 0 saturated carbocycles. The molecule has 1 N–H and O–H groups in total. The number of nitrogens with zero attached hydrogens (tertiary/aromatic N) is 1. The summed E-state index contributed by atoms with van der Waals surface area (Å²) in [6.45, 7) is 2.18. The van der Waals surface area contributed by atoms with E-state index in [1.165, 1.54) is 30.6 Å². The molecule has 0 radical (unpaired) electrons. The normalized spacial score (nSPS) is 15.7. The molecule has 1 atom stereocenters. The van der Waals surface area contributed by atoms with Crippen molar-refractivity contribution in [1.29, 1.82) is 0 Å². The van der Waals surface area contributed by atoms with Crippen molar-refractivity contribution in [2.24, 2.45) is 0 Å². The fraction of sp³-hybridized carbons (Fsp3) is 0.571. The third kappa shape index (κ3) is 5.41. The highest BCUT2D eigenvalue weighted by Crippen LogP contribution is 2.32. The Bertz CT molecular complexity index is 641. The maximum Gasteiger partial charge on any atom is 0.327 e. The lowest BCUT2D eigenvalue weighted by Crippen LogP contribution is -2.43. The highest BCUT2D eigenvalue weighted by molar-refractivity contribution is 6.09. The summed E-state index contributed by atoms with van der Waals surface area (Å²) in [6, 6.07) is 6.28. The fourth-order valence-corrected chi connectivity index (χ4v) is 3.51. The quantitative estimate of drug-likeness (QED) is 0.476. The zero-order valence-corrected chi connectivity index (χ0v) is 15.6. The molecule has 1 aromatic carbocycles. The number of Topliss-reactive ketones (excluding diaryl/α,β-unsaturated/α-hetero) is 1. The van der Waals surface area contributed by atoms with Crippen LogP contribution in [-0.2, 0) is 20.8 Å². The molecule has 5 nitrogen and oxygen atoms in total. The molecule has 2 rings (SSSR count). The van der Waals surface area contributed by atoms with Crippen LogP contribution in [0.3, 0.4) is 0 Å². The number of fused-ring (bicyclic) bond motifs is 1. The minimum atomic E-state index is -1.03. The average Bonchev–Trinajstić information content (AvgIpc) is 3.01. The summed E-state index contributed by atoms with van der Waals surface area (Å²) in [4.78, 5) is 37.5. The van der Waals surface area contributed by atoms with Gasteiger partial charge < -0.3 is 5.11 Å². The molecule has 142 valence electrons. The van der Waals surface area contributed by atoms with Crippen LogP contribution < -0.4 is 4.90 Å². The number of ketones is 1. The van der Waals surface area contributed by atoms with Crippen LogP contribution in [0.4, 0.5) is 5.69 Å². The van der Waals surface area contributed by atoms with E-state index in [1.807, 2.05) is 12.1 Å². The number of benzene rings is 1. The SMILES string of the molecule is CCCCCCCCCC(=O)CC(=O)N1c2ccccc2CC1C(=O)O. The molecule has 0 bridgehead atoms. The molecule has 1 amide bonds. The van der Waals surface area contributed by atoms with Crippen molar-refractivity contribution in [3.8, 4) is 0 Å². The van der Waals surface area contributed by atoms with Crippen LogP contribution in [0.1, 0.15) is 70.3 Å². The number of unbranched alkanes of at least 4 members (excludes halogenated alkanes) is 6. The van der Waals surface area contributed by atoms with Crippen molar-refractivity contribution in [3.05, 3.63) is 29.8 Å². The van der Waals surface area contributed by atoms with Gasteiger partial charge in [-0.2, -0.15) is 0 Å². The highest BCUT2D eigenvalue weighted by atomic mass is 16.4. The first kappa shape index (κ1) is 20.1. The molecule has 1 aliphatic heterocycles. The van der Waals surface area contributed by atoms with E-state index in [-0.39, 0.29) is 12.2 Å². The van der Waals surface area contributed by atoms with Crippen molar-refractivity contribution in [2.45, 2.75) is 77.2 Å². The molecular weight excluding hydrogens is 330 g/mol. The summed E-state index contributed by atoms with van der Waals surface area (Å²) in [5.74, 6) is -1.54. The number of hydrogen-bond acceptors (Lipinski definition) is 3. The molecule has 0 saturated heterocycles. The number of carbonyl (C=O) groups excluding carboxylic acids is 2. The minimum absolute atomic E-state index is 0.0999. The topological polar surface area (TPSA) is 74.7 Å². The van der Waals surface area contributed by atoms with Gasteiger partial charge in [0.05, 0.1) is 6.42 Å². The van der Waals surface area contributed by atoms with Crippen molar-refractivity contribution in [3.63, 3.8) is 0 Å². The summed E-state index contributed by atoms with van der Waals surface area (Å²) in [7, 11) is 0. The van der Waals surface area contributed by atoms with Gasteiger partial charge in [-0.25, -0.2) is 4.79 Å². The van der Waals surface area contributed by atoms with Gasteiger partial charge in [0.25, 0.3) is 0 Å². The largest absolute Gasteiger partial charge is 0.480 e. The first-order chi connectivity index (χ1) is 12.5. The van der Waals surface area contributed by atoms with Crippen molar-refractivity contribution >= 4 is 23.3 Å². The molecule has 26 heavy (non-hydrogen) atoms. The van der Waals surface area contributed by atoms with Gasteiger partial charge in [0.2, 0.25) is 5.91 Å². The lowest BCUT2D eigenvalue weighted by molar-refractivity contribution is -0.140. The van der Waals surface area contributed by atoms with Crippen molar-refractivity contribution < 1.29 is 19.5 Å². The first-order valence-corrected chi connectivity index (χ1v) is 9.69. The molecule has 5 heteroatoms. The Labute approximate surface area is 155 Å². The Balaban J connectivity index is 1.82. The number of rotatable bonds is 11. The summed E-state index contributed by atoms with van der Waals surface area (Å²) < 4.78 is 0. The third-order valence-corrected chi connectivity index (χ3v) is 4.94. The first-order valence-electron chi connectivity index (χ1n) is 9.69. The van der Waals surface area contributed by atoms with Gasteiger partial charge in [0, 0.05) is 18.5 Å². The lowest BCUT2D eigenvalue weighted by Gasteiger charge is -2.22. The van der Waals surface area contributed by atoms with Crippen LogP contribution in [0, 0.1) is 0 Å². The van der Waals surface area contributed by atoms with Gasteiger partial charge in [0.1, 0.15) is 11.8 Å². The third-order valence-electron chi connectivity index (χ3n) is 4.94. The monoisotopic (exact) mass is 359 g/mol. The molecule has 0 aromatic heterocycles. The van der Waals surface area contributed by atoms with Crippen LogP contribution in [0.2, 0.25) is 0 Å². The van der Waals surface area contributed by atoms with Crippen LogP contribution in [0.15, 0.2) is 24.3 Å². The van der Waals surface area contributed by atoms with Crippen LogP contribution in [0.5, 0.6) is 0 Å². The van der Waals surface area contributed by atoms with E-state index in [0.29, 0.717) is 18.5 Å². The fourth-order valence-electron chi connectivity index (χ4n) is 3.51. The van der Waals surface area contributed by atoms with Gasteiger partial charge in [-0.3, -0.25) is 14.5 Å². The summed E-state index contributed by atoms with van der Waals surface area (Å²) in [5, 5.41) is 9.42. The maximum absolute atomic E-state index is 12.6. The van der Waals surface area contributed by atoms with E-state index in [0.717, 1.165) is 24.8 Å². The second-order valence-electron chi connectivity index (χ2n) is 7.04. The second kappa shape index (κ2) is 10.1. The number of aliphatic carboxylic acids is 1. The molecule has 1 heterocycles. The Morgan fingerprint density at radius 3 is 2.38 bits per heavy atom. The van der Waals surface area contributed by atoms with E-state index < -0.39 is 17.9 Å². The number of amides is 1. The van der Waals surface area contributed by atoms with Gasteiger partial charge >= 0.3 is 5.97 Å². The molecule has 1 aliphatic rings. The average molecular weight is 359 g/mol. The number of para-hydroxylation sites is 1. The van der Waals surface area contributed by atoms with Gasteiger partial charge in [-0.15, -0.1) is 0 Å². The number of hydrogen-bond donors (Lipinski definition) is 1. The zero-order valence-electron chi connectivity index (χ0n) is 15.6. The number of carbonyl (C=O) groups is 3. The van der Waals surface area contributed by atoms with E-state index in [4.69, 9.17) is 0 Å². The maximum atomic E-state index is 12.6. The van der Waals surface area contributed by atoms with E-state index in [9.17, 15) is 19.5 Å². The molecule has 0 fully saturated rings. The Kier molecular flexibility index (Phi) is 7.82. The van der Waals surface area contributed by atoms with Crippen LogP contribution >= 0.6 is 0 Å².